The second-order valence-corrected chi connectivity index (χ2v) is 8.63. The predicted octanol–water partition coefficient (Wildman–Crippen LogP) is 3.16. The summed E-state index contributed by atoms with van der Waals surface area (Å²) in [5.74, 6) is -0.316. The number of halogens is 1. The monoisotopic (exact) mass is 525 g/mol. The van der Waals surface area contributed by atoms with E-state index in [1.165, 1.54) is 23.2 Å². The zero-order valence-electron chi connectivity index (χ0n) is 19.3. The molecule has 1 aromatic heterocycles. The van der Waals surface area contributed by atoms with E-state index in [4.69, 9.17) is 20.3 Å². The number of carbonyl (C=O) groups is 2. The Bertz CT molecular complexity index is 882. The number of rotatable bonds is 12. The molecule has 1 heterocycles. The van der Waals surface area contributed by atoms with Crippen LogP contribution in [0.25, 0.3) is 0 Å². The van der Waals surface area contributed by atoms with Crippen LogP contribution in [0, 0.1) is 0 Å². The lowest BCUT2D eigenvalue weighted by Gasteiger charge is -2.27. The molecule has 11 heteroatoms. The molecule has 0 saturated carbocycles. The van der Waals surface area contributed by atoms with Gasteiger partial charge in [0.1, 0.15) is 16.0 Å². The summed E-state index contributed by atoms with van der Waals surface area (Å²) in [7, 11) is 0. The molecule has 0 spiro atoms. The number of nitrogen functional groups attached to an aromatic ring is 1. The van der Waals surface area contributed by atoms with Crippen LogP contribution in [-0.4, -0.2) is 63.9 Å². The van der Waals surface area contributed by atoms with Gasteiger partial charge in [-0.15, -0.1) is 0 Å². The predicted molar refractivity (Wildman–Crippen MR) is 129 cm³/mol. The zero-order valence-corrected chi connectivity index (χ0v) is 20.9. The Morgan fingerprint density at radius 2 is 1.94 bits per heavy atom. The van der Waals surface area contributed by atoms with Crippen LogP contribution in [-0.2, 0) is 9.47 Å². The Morgan fingerprint density at radius 1 is 1.27 bits per heavy atom. The molecule has 1 rings (SSSR count). The van der Waals surface area contributed by atoms with Crippen LogP contribution in [0.15, 0.2) is 47.6 Å². The number of carbonyl (C=O) groups excluding carboxylic acids is 2. The number of anilines is 1. The summed E-state index contributed by atoms with van der Waals surface area (Å²) in [4.78, 5) is 34.4. The molecular formula is C22H32BrN5O5. The Morgan fingerprint density at radius 3 is 2.52 bits per heavy atom. The first-order valence-electron chi connectivity index (χ1n) is 10.3. The summed E-state index contributed by atoms with van der Waals surface area (Å²) in [5.41, 5.74) is 5.34. The third-order valence-corrected chi connectivity index (χ3v) is 4.34. The van der Waals surface area contributed by atoms with Crippen molar-refractivity contribution in [3.63, 3.8) is 0 Å². The number of hydrogen-bond donors (Lipinski definition) is 3. The van der Waals surface area contributed by atoms with E-state index in [0.717, 1.165) is 0 Å². The first-order chi connectivity index (χ1) is 15.5. The second-order valence-electron chi connectivity index (χ2n) is 7.81. The van der Waals surface area contributed by atoms with E-state index in [1.807, 2.05) is 0 Å². The van der Waals surface area contributed by atoms with Crippen LogP contribution in [0.3, 0.4) is 0 Å². The van der Waals surface area contributed by atoms with Crippen molar-refractivity contribution in [2.24, 2.45) is 0 Å². The zero-order chi connectivity index (χ0) is 25.0. The van der Waals surface area contributed by atoms with Crippen molar-refractivity contribution in [3.8, 4) is 0 Å². The molecule has 4 N–H and O–H groups in total. The van der Waals surface area contributed by atoms with Crippen molar-refractivity contribution in [3.05, 3.63) is 53.3 Å². The van der Waals surface area contributed by atoms with Crippen LogP contribution in [0.1, 0.15) is 44.1 Å². The maximum absolute atomic E-state index is 12.6. The molecular weight excluding hydrogens is 494 g/mol. The Labute approximate surface area is 202 Å². The second kappa shape index (κ2) is 13.6. The van der Waals surface area contributed by atoms with Crippen molar-refractivity contribution in [1.29, 1.82) is 0 Å². The number of aromatic nitrogens is 2. The average molecular weight is 526 g/mol. The molecule has 1 aromatic rings. The molecule has 33 heavy (non-hydrogen) atoms. The van der Waals surface area contributed by atoms with Gasteiger partial charge in [-0.25, -0.2) is 14.8 Å². The smallest absolute Gasteiger partial charge is 0.410 e. The summed E-state index contributed by atoms with van der Waals surface area (Å²) in [5, 5.41) is 11.7. The first-order valence-corrected chi connectivity index (χ1v) is 11.1. The van der Waals surface area contributed by atoms with Gasteiger partial charge in [0.2, 0.25) is 0 Å². The van der Waals surface area contributed by atoms with Crippen LogP contribution in [0.4, 0.5) is 10.6 Å². The topological polar surface area (TPSA) is 140 Å². The largest absolute Gasteiger partial charge is 0.491 e. The summed E-state index contributed by atoms with van der Waals surface area (Å²) < 4.78 is 11.5. The number of ether oxygens (including phenoxy) is 2. The highest BCUT2D eigenvalue weighted by atomic mass is 79.9. The molecule has 10 nitrogen and oxygen atoms in total. The van der Waals surface area contributed by atoms with Gasteiger partial charge < -0.3 is 30.5 Å². The lowest BCUT2D eigenvalue weighted by molar-refractivity contribution is 0.0228. The number of nitrogens with two attached hydrogens (primary N) is 1. The van der Waals surface area contributed by atoms with E-state index in [9.17, 15) is 9.59 Å². The Hall–Kier alpha value is -2.92. The van der Waals surface area contributed by atoms with Crippen molar-refractivity contribution in [2.75, 3.05) is 32.0 Å². The molecule has 0 aliphatic carbocycles. The molecule has 0 aromatic carbocycles. The maximum atomic E-state index is 12.6. The van der Waals surface area contributed by atoms with Gasteiger partial charge in [-0.05, 0) is 61.7 Å². The maximum Gasteiger partial charge on any atom is 0.410 e. The molecule has 182 valence electrons. The number of nitrogens with one attached hydrogen (secondary N) is 1. The van der Waals surface area contributed by atoms with Crippen molar-refractivity contribution in [2.45, 2.75) is 39.2 Å². The van der Waals surface area contributed by atoms with E-state index < -0.39 is 17.6 Å². The highest BCUT2D eigenvalue weighted by Crippen LogP contribution is 2.14. The van der Waals surface area contributed by atoms with Gasteiger partial charge in [0, 0.05) is 19.7 Å². The molecule has 2 amide bonds. The number of aliphatic hydroxyl groups is 1. The third-order valence-electron chi connectivity index (χ3n) is 3.96. The van der Waals surface area contributed by atoms with Gasteiger partial charge in [-0.2, -0.15) is 0 Å². The van der Waals surface area contributed by atoms with E-state index in [2.05, 4.69) is 44.4 Å². The SMILES string of the molecule is C=C/C(NC(=O)c1nc(Br)cnc1N)=C(\C=C)OCCCN(CCCO)C(=O)OC(C)(C)C. The van der Waals surface area contributed by atoms with Gasteiger partial charge in [-0.3, -0.25) is 4.79 Å². The lowest BCUT2D eigenvalue weighted by Crippen LogP contribution is -2.38. The fraction of sp³-hybridized carbons (Fsp3) is 0.455. The molecule has 0 atom stereocenters. The Balaban J connectivity index is 2.78. The van der Waals surface area contributed by atoms with Crippen LogP contribution in [0.2, 0.25) is 0 Å². The highest BCUT2D eigenvalue weighted by molar-refractivity contribution is 9.10. The summed E-state index contributed by atoms with van der Waals surface area (Å²) in [6, 6.07) is 0. The number of amides is 2. The van der Waals surface area contributed by atoms with E-state index in [1.54, 1.807) is 20.8 Å². The summed E-state index contributed by atoms with van der Waals surface area (Å²) in [6.45, 7) is 13.7. The number of nitrogens with zero attached hydrogens (tertiary/aromatic N) is 3. The van der Waals surface area contributed by atoms with Crippen LogP contribution in [0.5, 0.6) is 0 Å². The minimum Gasteiger partial charge on any atom is -0.491 e. The quantitative estimate of drug-likeness (QED) is 0.214. The summed E-state index contributed by atoms with van der Waals surface area (Å²) >= 11 is 3.15. The lowest BCUT2D eigenvalue weighted by atomic mass is 10.2. The molecule has 0 radical (unpaired) electrons. The van der Waals surface area contributed by atoms with E-state index in [-0.39, 0.29) is 30.4 Å². The normalized spacial score (nSPS) is 11.8. The molecule has 0 bridgehead atoms. The number of aliphatic hydroxyl groups excluding tert-OH is 1. The van der Waals surface area contributed by atoms with Gasteiger partial charge in [0.15, 0.2) is 11.5 Å². The number of allylic oxidation sites excluding steroid dienone is 2. The van der Waals surface area contributed by atoms with Crippen molar-refractivity contribution in [1.82, 2.24) is 20.2 Å². The number of hydrogen-bond acceptors (Lipinski definition) is 8. The fourth-order valence-corrected chi connectivity index (χ4v) is 2.79. The van der Waals surface area contributed by atoms with Crippen LogP contribution >= 0.6 is 15.9 Å². The molecule has 0 aliphatic heterocycles. The molecule has 0 unspecified atom stereocenters. The minimum absolute atomic E-state index is 0.0229. The molecule has 0 saturated heterocycles. The van der Waals surface area contributed by atoms with E-state index in [0.29, 0.717) is 36.3 Å². The van der Waals surface area contributed by atoms with Crippen molar-refractivity contribution < 1.29 is 24.2 Å². The van der Waals surface area contributed by atoms with Gasteiger partial charge in [0.25, 0.3) is 5.91 Å². The Kier molecular flexibility index (Phi) is 11.6. The standard InChI is InChI=1S/C22H32BrN5O5/c1-6-15(26-20(30)18-19(24)25-14-17(23)27-18)16(7-2)32-13-9-11-28(10-8-12-29)21(31)33-22(3,4)5/h6-7,14,29H,1-2,8-13H2,3-5H3,(H2,24,25)(H,26,30)/b16-15-. The van der Waals surface area contributed by atoms with Crippen molar-refractivity contribution >= 4 is 33.7 Å². The summed E-state index contributed by atoms with van der Waals surface area (Å²) in [6.07, 6.45) is 4.68. The van der Waals surface area contributed by atoms with Gasteiger partial charge >= 0.3 is 6.09 Å². The van der Waals surface area contributed by atoms with E-state index >= 15 is 0 Å². The molecule has 0 fully saturated rings. The highest BCUT2D eigenvalue weighted by Gasteiger charge is 2.22. The first kappa shape index (κ1) is 28.1. The third kappa shape index (κ3) is 10.0. The fourth-order valence-electron chi connectivity index (χ4n) is 2.51. The minimum atomic E-state index is -0.622. The van der Waals surface area contributed by atoms with Gasteiger partial charge in [-0.1, -0.05) is 13.2 Å². The van der Waals surface area contributed by atoms with Gasteiger partial charge in [0.05, 0.1) is 18.5 Å². The molecule has 0 aliphatic rings. The van der Waals surface area contributed by atoms with Crippen LogP contribution < -0.4 is 11.1 Å². The average Bonchev–Trinajstić information content (AvgIpc) is 2.74.